The fraction of sp³-hybridized carbons (Fsp3) is 0.375. The molecule has 3 aromatic rings. The third-order valence-electron chi connectivity index (χ3n) is 6.20. The Morgan fingerprint density at radius 3 is 2.66 bits per heavy atom. The number of piperazine rings is 1. The van der Waals surface area contributed by atoms with Crippen molar-refractivity contribution in [2.45, 2.75) is 20.0 Å². The van der Waals surface area contributed by atoms with E-state index in [2.05, 4.69) is 22.0 Å². The zero-order valence-corrected chi connectivity index (χ0v) is 18.2. The fourth-order valence-electron chi connectivity index (χ4n) is 4.40. The molecule has 4 heterocycles. The van der Waals surface area contributed by atoms with Crippen molar-refractivity contribution in [1.29, 1.82) is 0 Å². The van der Waals surface area contributed by atoms with Crippen molar-refractivity contribution < 1.29 is 14.3 Å². The molecule has 166 valence electrons. The van der Waals surface area contributed by atoms with E-state index in [4.69, 9.17) is 4.74 Å². The number of carbonyl (C=O) groups excluding carboxylic acids is 2. The molecule has 1 aromatic carbocycles. The van der Waals surface area contributed by atoms with Crippen LogP contribution < -0.4 is 4.74 Å². The molecule has 2 aromatic heterocycles. The molecule has 0 spiro atoms. The highest BCUT2D eigenvalue weighted by Crippen LogP contribution is 2.26. The number of ether oxygens (including phenoxy) is 1. The highest BCUT2D eigenvalue weighted by Gasteiger charge is 2.24. The van der Waals surface area contributed by atoms with Crippen LogP contribution in [0.1, 0.15) is 28.5 Å². The first-order chi connectivity index (χ1) is 15.6. The van der Waals surface area contributed by atoms with Crippen molar-refractivity contribution in [3.8, 4) is 5.75 Å². The van der Waals surface area contributed by atoms with Crippen LogP contribution in [0.15, 0.2) is 48.8 Å². The summed E-state index contributed by atoms with van der Waals surface area (Å²) in [6.45, 7) is 7.18. The van der Waals surface area contributed by atoms with Crippen LogP contribution >= 0.6 is 0 Å². The number of hydrogen-bond donors (Lipinski definition) is 0. The zero-order chi connectivity index (χ0) is 22.1. The number of imidazole rings is 1. The van der Waals surface area contributed by atoms with E-state index in [0.29, 0.717) is 25.4 Å². The van der Waals surface area contributed by atoms with E-state index < -0.39 is 0 Å². The molecular formula is C24H27N5O3. The van der Waals surface area contributed by atoms with Crippen LogP contribution in [0.5, 0.6) is 5.75 Å². The number of fused-ring (bicyclic) bond motifs is 2. The van der Waals surface area contributed by atoms with Gasteiger partial charge in [0.25, 0.3) is 5.91 Å². The Balaban J connectivity index is 1.30. The van der Waals surface area contributed by atoms with E-state index in [0.717, 1.165) is 49.7 Å². The molecule has 2 aliphatic rings. The molecule has 8 nitrogen and oxygen atoms in total. The van der Waals surface area contributed by atoms with Crippen molar-refractivity contribution in [2.75, 3.05) is 39.3 Å². The molecule has 8 heteroatoms. The van der Waals surface area contributed by atoms with Crippen LogP contribution in [0.2, 0.25) is 0 Å². The number of nitrogens with zero attached hydrogens (tertiary/aromatic N) is 5. The second kappa shape index (κ2) is 8.63. The zero-order valence-electron chi connectivity index (χ0n) is 18.2. The Kier molecular flexibility index (Phi) is 5.53. The SMILES string of the molecule is CC(=O)N1CCN(Cc2ccc3c(c2)CN(C(=O)c2cn4ccccc4n2)CCO3)CC1. The molecule has 0 unspecified atom stereocenters. The quantitative estimate of drug-likeness (QED) is 0.632. The summed E-state index contributed by atoms with van der Waals surface area (Å²) in [6.07, 6.45) is 3.67. The number of benzene rings is 1. The van der Waals surface area contributed by atoms with Gasteiger partial charge in [-0.15, -0.1) is 0 Å². The monoisotopic (exact) mass is 433 g/mol. The van der Waals surface area contributed by atoms with Gasteiger partial charge >= 0.3 is 0 Å². The number of rotatable bonds is 3. The molecule has 0 aliphatic carbocycles. The Morgan fingerprint density at radius 2 is 1.88 bits per heavy atom. The molecular weight excluding hydrogens is 406 g/mol. The van der Waals surface area contributed by atoms with E-state index >= 15 is 0 Å². The van der Waals surface area contributed by atoms with Gasteiger partial charge in [0.05, 0.1) is 6.54 Å². The van der Waals surface area contributed by atoms with E-state index in [1.54, 1.807) is 13.1 Å². The molecule has 0 N–H and O–H groups in total. The Bertz CT molecular complexity index is 1120. The molecule has 0 bridgehead atoms. The largest absolute Gasteiger partial charge is 0.491 e. The first-order valence-electron chi connectivity index (χ1n) is 11.0. The molecule has 1 fully saturated rings. The molecule has 0 atom stereocenters. The maximum absolute atomic E-state index is 13.2. The number of amides is 2. The summed E-state index contributed by atoms with van der Waals surface area (Å²) in [5.41, 5.74) is 3.40. The summed E-state index contributed by atoms with van der Waals surface area (Å²) in [4.78, 5) is 35.3. The minimum atomic E-state index is -0.0871. The third kappa shape index (κ3) is 4.18. The van der Waals surface area contributed by atoms with Gasteiger partial charge in [-0.2, -0.15) is 0 Å². The van der Waals surface area contributed by atoms with Gasteiger partial charge in [-0.05, 0) is 29.8 Å². The minimum absolute atomic E-state index is 0.0871. The van der Waals surface area contributed by atoms with Crippen molar-refractivity contribution in [1.82, 2.24) is 24.1 Å². The lowest BCUT2D eigenvalue weighted by molar-refractivity contribution is -0.130. The first-order valence-corrected chi connectivity index (χ1v) is 11.0. The predicted molar refractivity (Wildman–Crippen MR) is 119 cm³/mol. The maximum atomic E-state index is 13.2. The molecule has 5 rings (SSSR count). The Hall–Kier alpha value is -3.39. The van der Waals surface area contributed by atoms with Gasteiger partial charge in [-0.3, -0.25) is 14.5 Å². The van der Waals surface area contributed by atoms with E-state index in [1.807, 2.05) is 44.7 Å². The van der Waals surface area contributed by atoms with Gasteiger partial charge < -0.3 is 18.9 Å². The lowest BCUT2D eigenvalue weighted by atomic mass is 10.1. The Morgan fingerprint density at radius 1 is 1.03 bits per heavy atom. The normalized spacial score (nSPS) is 17.0. The van der Waals surface area contributed by atoms with Gasteiger partial charge in [-0.1, -0.05) is 12.1 Å². The molecule has 2 aliphatic heterocycles. The van der Waals surface area contributed by atoms with Crippen molar-refractivity contribution in [2.24, 2.45) is 0 Å². The molecule has 2 amide bonds. The summed E-state index contributed by atoms with van der Waals surface area (Å²) in [7, 11) is 0. The van der Waals surface area contributed by atoms with Crippen molar-refractivity contribution in [3.63, 3.8) is 0 Å². The lowest BCUT2D eigenvalue weighted by Crippen LogP contribution is -2.47. The predicted octanol–water partition coefficient (Wildman–Crippen LogP) is 2.03. The van der Waals surface area contributed by atoms with Crippen LogP contribution in [-0.2, 0) is 17.9 Å². The Labute approximate surface area is 187 Å². The smallest absolute Gasteiger partial charge is 0.274 e. The van der Waals surface area contributed by atoms with Crippen LogP contribution in [0, 0.1) is 0 Å². The topological polar surface area (TPSA) is 70.4 Å². The average molecular weight is 434 g/mol. The number of aromatic nitrogens is 2. The summed E-state index contributed by atoms with van der Waals surface area (Å²) in [5.74, 6) is 0.888. The van der Waals surface area contributed by atoms with Crippen molar-refractivity contribution >= 4 is 17.5 Å². The van der Waals surface area contributed by atoms with Crippen LogP contribution in [-0.4, -0.2) is 75.2 Å². The fourth-order valence-corrected chi connectivity index (χ4v) is 4.40. The van der Waals surface area contributed by atoms with E-state index in [1.165, 1.54) is 5.56 Å². The number of pyridine rings is 1. The molecule has 0 radical (unpaired) electrons. The maximum Gasteiger partial charge on any atom is 0.274 e. The van der Waals surface area contributed by atoms with Gasteiger partial charge in [0.1, 0.15) is 23.7 Å². The minimum Gasteiger partial charge on any atom is -0.491 e. The van der Waals surface area contributed by atoms with E-state index in [9.17, 15) is 9.59 Å². The van der Waals surface area contributed by atoms with Crippen LogP contribution in [0.25, 0.3) is 5.65 Å². The average Bonchev–Trinajstić information content (AvgIpc) is 3.12. The highest BCUT2D eigenvalue weighted by molar-refractivity contribution is 5.93. The summed E-state index contributed by atoms with van der Waals surface area (Å²) < 4.78 is 7.79. The highest BCUT2D eigenvalue weighted by atomic mass is 16.5. The third-order valence-corrected chi connectivity index (χ3v) is 6.20. The van der Waals surface area contributed by atoms with Gasteiger partial charge in [0, 0.05) is 64.1 Å². The van der Waals surface area contributed by atoms with Gasteiger partial charge in [0.2, 0.25) is 5.91 Å². The van der Waals surface area contributed by atoms with Gasteiger partial charge in [0.15, 0.2) is 0 Å². The van der Waals surface area contributed by atoms with Crippen LogP contribution in [0.4, 0.5) is 0 Å². The van der Waals surface area contributed by atoms with Crippen molar-refractivity contribution in [3.05, 3.63) is 65.6 Å². The van der Waals surface area contributed by atoms with Crippen LogP contribution in [0.3, 0.4) is 0 Å². The summed E-state index contributed by atoms with van der Waals surface area (Å²) >= 11 is 0. The lowest BCUT2D eigenvalue weighted by Gasteiger charge is -2.34. The first kappa shape index (κ1) is 20.5. The standard InChI is InChI=1S/C24H27N5O3/c1-18(30)27-10-8-26(9-11-27)15-19-5-6-22-20(14-19)16-29(12-13-32-22)24(31)21-17-28-7-3-2-4-23(28)25-21/h2-7,14,17H,8-13,15-16H2,1H3. The number of hydrogen-bond acceptors (Lipinski definition) is 5. The molecule has 32 heavy (non-hydrogen) atoms. The second-order valence-corrected chi connectivity index (χ2v) is 8.39. The van der Waals surface area contributed by atoms with E-state index in [-0.39, 0.29) is 11.8 Å². The summed E-state index contributed by atoms with van der Waals surface area (Å²) in [5, 5.41) is 0. The molecule has 0 saturated carbocycles. The second-order valence-electron chi connectivity index (χ2n) is 8.39. The molecule has 1 saturated heterocycles. The number of carbonyl (C=O) groups is 2. The summed E-state index contributed by atoms with van der Waals surface area (Å²) in [6, 6.07) is 12.0. The van der Waals surface area contributed by atoms with Gasteiger partial charge in [-0.25, -0.2) is 4.98 Å².